The number of nitrogens with zero attached hydrogens (tertiary/aromatic N) is 2. The zero-order chi connectivity index (χ0) is 20.0. The Balaban J connectivity index is 0.00000420. The largest absolute Gasteiger partial charge is 0.378 e. The Kier molecular flexibility index (Phi) is 15.1. The first-order chi connectivity index (χ1) is 13.7. The van der Waals surface area contributed by atoms with Crippen molar-refractivity contribution in [2.24, 2.45) is 4.99 Å². The highest BCUT2D eigenvalue weighted by Crippen LogP contribution is 2.20. The van der Waals surface area contributed by atoms with Crippen molar-refractivity contribution in [2.45, 2.75) is 90.2 Å². The van der Waals surface area contributed by atoms with E-state index >= 15 is 0 Å². The minimum Gasteiger partial charge on any atom is -0.378 e. The van der Waals surface area contributed by atoms with Crippen LogP contribution >= 0.6 is 24.0 Å². The van der Waals surface area contributed by atoms with Crippen LogP contribution in [0.25, 0.3) is 0 Å². The van der Waals surface area contributed by atoms with Crippen molar-refractivity contribution in [2.75, 3.05) is 39.3 Å². The summed E-state index contributed by atoms with van der Waals surface area (Å²) in [6.45, 7) is 14.3. The van der Waals surface area contributed by atoms with Crippen LogP contribution in [0.3, 0.4) is 0 Å². The minimum absolute atomic E-state index is 0. The van der Waals surface area contributed by atoms with E-state index in [-0.39, 0.29) is 24.0 Å². The summed E-state index contributed by atoms with van der Waals surface area (Å²) in [6, 6.07) is 0.531. The molecule has 1 heterocycles. The number of piperidine rings is 1. The molecule has 0 aromatic heterocycles. The number of unbranched alkanes of at least 4 members (excludes halogenated alkanes) is 2. The number of likely N-dealkylation sites (tertiary alicyclic amines) is 1. The summed E-state index contributed by atoms with van der Waals surface area (Å²) in [7, 11) is 0. The van der Waals surface area contributed by atoms with Crippen LogP contribution in [0.1, 0.15) is 78.1 Å². The molecular weight excluding hydrogens is 475 g/mol. The van der Waals surface area contributed by atoms with Crippen molar-refractivity contribution in [3.05, 3.63) is 12.2 Å². The predicted molar refractivity (Wildman–Crippen MR) is 135 cm³/mol. The standard InChI is InChI=1S/C23H44N4O.HI/c1-4-24-23(26-21-13-16-27(17-14-21)19-20(2)3)25-15-9-6-10-18-28-22-11-7-5-8-12-22;/h21-22H,2,4-19H2,1,3H3,(H2,24,25,26);1H. The van der Waals surface area contributed by atoms with Gasteiger partial charge in [-0.3, -0.25) is 9.89 Å². The fraction of sp³-hybridized carbons (Fsp3) is 0.870. The zero-order valence-corrected chi connectivity index (χ0v) is 21.2. The van der Waals surface area contributed by atoms with Crippen LogP contribution in [0.5, 0.6) is 0 Å². The van der Waals surface area contributed by atoms with Gasteiger partial charge in [0.05, 0.1) is 6.10 Å². The fourth-order valence-corrected chi connectivity index (χ4v) is 4.19. The first kappa shape index (κ1) is 26.7. The summed E-state index contributed by atoms with van der Waals surface area (Å²) in [4.78, 5) is 7.29. The van der Waals surface area contributed by atoms with Crippen molar-refractivity contribution in [1.29, 1.82) is 0 Å². The van der Waals surface area contributed by atoms with E-state index in [2.05, 4.69) is 36.0 Å². The van der Waals surface area contributed by atoms with E-state index in [0.29, 0.717) is 12.1 Å². The van der Waals surface area contributed by atoms with Crippen molar-refractivity contribution in [1.82, 2.24) is 15.5 Å². The minimum atomic E-state index is 0. The van der Waals surface area contributed by atoms with Gasteiger partial charge in [0.1, 0.15) is 0 Å². The Morgan fingerprint density at radius 3 is 2.45 bits per heavy atom. The second-order valence-corrected chi connectivity index (χ2v) is 8.60. The topological polar surface area (TPSA) is 48.9 Å². The average molecular weight is 521 g/mol. The Labute approximate surface area is 196 Å². The lowest BCUT2D eigenvalue weighted by atomic mass is 9.98. The highest BCUT2D eigenvalue weighted by atomic mass is 127. The lowest BCUT2D eigenvalue weighted by molar-refractivity contribution is 0.0264. The molecule has 2 fully saturated rings. The molecule has 6 heteroatoms. The summed E-state index contributed by atoms with van der Waals surface area (Å²) in [5.41, 5.74) is 1.26. The lowest BCUT2D eigenvalue weighted by Crippen LogP contribution is -2.48. The van der Waals surface area contributed by atoms with Gasteiger partial charge in [0.2, 0.25) is 0 Å². The number of guanidine groups is 1. The summed E-state index contributed by atoms with van der Waals surface area (Å²) in [6.07, 6.45) is 13.0. The summed E-state index contributed by atoms with van der Waals surface area (Å²) in [5.74, 6) is 0.985. The molecule has 0 aromatic rings. The van der Waals surface area contributed by atoms with E-state index in [1.165, 1.54) is 56.9 Å². The summed E-state index contributed by atoms with van der Waals surface area (Å²) >= 11 is 0. The molecule has 0 aromatic carbocycles. The number of aliphatic imine (C=N–C) groups is 1. The Morgan fingerprint density at radius 1 is 1.07 bits per heavy atom. The van der Waals surface area contributed by atoms with Crippen molar-refractivity contribution < 1.29 is 4.74 Å². The molecule has 0 unspecified atom stereocenters. The van der Waals surface area contributed by atoms with Gasteiger partial charge in [0, 0.05) is 45.4 Å². The normalized spacial score (nSPS) is 19.6. The Hall–Kier alpha value is -0.340. The first-order valence-corrected chi connectivity index (χ1v) is 11.7. The van der Waals surface area contributed by atoms with E-state index in [1.807, 2.05) is 0 Å². The average Bonchev–Trinajstić information content (AvgIpc) is 2.69. The molecule has 1 aliphatic carbocycles. The molecule has 2 aliphatic rings. The van der Waals surface area contributed by atoms with E-state index in [4.69, 9.17) is 9.73 Å². The van der Waals surface area contributed by atoms with Crippen LogP contribution in [0, 0.1) is 0 Å². The van der Waals surface area contributed by atoms with Crippen molar-refractivity contribution >= 4 is 29.9 Å². The molecular formula is C23H45IN4O. The van der Waals surface area contributed by atoms with Crippen molar-refractivity contribution in [3.8, 4) is 0 Å². The molecule has 0 amide bonds. The molecule has 0 spiro atoms. The number of hydrogen-bond donors (Lipinski definition) is 2. The van der Waals surface area contributed by atoms with Crippen LogP contribution in [0.15, 0.2) is 17.1 Å². The van der Waals surface area contributed by atoms with E-state index in [0.717, 1.165) is 58.1 Å². The third-order valence-corrected chi connectivity index (χ3v) is 5.74. The Bertz CT molecular complexity index is 458. The van der Waals surface area contributed by atoms with E-state index in [9.17, 15) is 0 Å². The van der Waals surface area contributed by atoms with Crippen LogP contribution < -0.4 is 10.6 Å². The van der Waals surface area contributed by atoms with E-state index < -0.39 is 0 Å². The molecule has 170 valence electrons. The summed E-state index contributed by atoms with van der Waals surface area (Å²) in [5, 5.41) is 7.05. The number of halogens is 1. The van der Waals surface area contributed by atoms with Crippen LogP contribution in [-0.2, 0) is 4.74 Å². The molecule has 0 bridgehead atoms. The second kappa shape index (κ2) is 16.4. The van der Waals surface area contributed by atoms with Gasteiger partial charge in [-0.1, -0.05) is 31.4 Å². The first-order valence-electron chi connectivity index (χ1n) is 11.7. The number of nitrogens with one attached hydrogen (secondary N) is 2. The molecule has 0 atom stereocenters. The maximum atomic E-state index is 6.01. The van der Waals surface area contributed by atoms with Gasteiger partial charge in [-0.05, 0) is 58.8 Å². The van der Waals surface area contributed by atoms with Gasteiger partial charge < -0.3 is 15.4 Å². The Morgan fingerprint density at radius 2 is 1.79 bits per heavy atom. The highest BCUT2D eigenvalue weighted by Gasteiger charge is 2.19. The van der Waals surface area contributed by atoms with Crippen LogP contribution in [0.2, 0.25) is 0 Å². The molecule has 5 nitrogen and oxygen atoms in total. The SMILES string of the molecule is C=C(C)CN1CCC(NC(=NCCCCCOC2CCCCC2)NCC)CC1.I. The van der Waals surface area contributed by atoms with Gasteiger partial charge >= 0.3 is 0 Å². The molecule has 1 saturated heterocycles. The van der Waals surface area contributed by atoms with Crippen LogP contribution in [-0.4, -0.2) is 62.3 Å². The number of rotatable bonds is 11. The maximum Gasteiger partial charge on any atom is 0.191 e. The molecule has 29 heavy (non-hydrogen) atoms. The van der Waals surface area contributed by atoms with E-state index in [1.54, 1.807) is 0 Å². The zero-order valence-electron chi connectivity index (χ0n) is 18.9. The predicted octanol–water partition coefficient (Wildman–Crippen LogP) is 4.72. The molecule has 2 N–H and O–H groups in total. The molecule has 2 rings (SSSR count). The van der Waals surface area contributed by atoms with Gasteiger partial charge in [-0.25, -0.2) is 0 Å². The smallest absolute Gasteiger partial charge is 0.191 e. The molecule has 1 saturated carbocycles. The molecule has 0 radical (unpaired) electrons. The monoisotopic (exact) mass is 520 g/mol. The number of ether oxygens (including phenoxy) is 1. The van der Waals surface area contributed by atoms with Gasteiger partial charge in [-0.2, -0.15) is 0 Å². The quantitative estimate of drug-likeness (QED) is 0.136. The highest BCUT2D eigenvalue weighted by molar-refractivity contribution is 14.0. The fourth-order valence-electron chi connectivity index (χ4n) is 4.19. The maximum absolute atomic E-state index is 6.01. The van der Waals surface area contributed by atoms with Gasteiger partial charge in [-0.15, -0.1) is 24.0 Å². The third-order valence-electron chi connectivity index (χ3n) is 5.74. The lowest BCUT2D eigenvalue weighted by Gasteiger charge is -2.33. The third kappa shape index (κ3) is 12.2. The summed E-state index contributed by atoms with van der Waals surface area (Å²) < 4.78 is 6.01. The van der Waals surface area contributed by atoms with Crippen LogP contribution in [0.4, 0.5) is 0 Å². The van der Waals surface area contributed by atoms with Crippen molar-refractivity contribution in [3.63, 3.8) is 0 Å². The molecule has 1 aliphatic heterocycles. The number of hydrogen-bond acceptors (Lipinski definition) is 3. The van der Waals surface area contributed by atoms with Gasteiger partial charge in [0.15, 0.2) is 5.96 Å². The second-order valence-electron chi connectivity index (χ2n) is 8.60. The van der Waals surface area contributed by atoms with Gasteiger partial charge in [0.25, 0.3) is 0 Å².